The number of hydrogen-bond acceptors (Lipinski definition) is 3. The lowest BCUT2D eigenvalue weighted by molar-refractivity contribution is 0.0513. The van der Waals surface area contributed by atoms with Gasteiger partial charge in [-0.2, -0.15) is 0 Å². The molecule has 2 rings (SSSR count). The Bertz CT molecular complexity index is 517. The minimum atomic E-state index is -0.529. The van der Waals surface area contributed by atoms with Crippen LogP contribution in [0.15, 0.2) is 42.6 Å². The molecule has 1 aromatic carbocycles. The van der Waals surface area contributed by atoms with Crippen LogP contribution in [0.2, 0.25) is 0 Å². The highest BCUT2D eigenvalue weighted by Gasteiger charge is 2.18. The number of carbonyl (C=O) groups is 1. The highest BCUT2D eigenvalue weighted by molar-refractivity contribution is 5.91. The molecule has 0 atom stereocenters. The van der Waals surface area contributed by atoms with Crippen molar-refractivity contribution >= 4 is 5.97 Å². The Morgan fingerprint density at radius 3 is 2.65 bits per heavy atom. The molecule has 0 bridgehead atoms. The second-order valence-corrected chi connectivity index (χ2v) is 3.48. The molecule has 0 unspecified atom stereocenters. The van der Waals surface area contributed by atoms with Crippen molar-refractivity contribution in [2.24, 2.45) is 0 Å². The molecule has 4 nitrogen and oxygen atoms in total. The van der Waals surface area contributed by atoms with Crippen LogP contribution < -0.4 is 0 Å². The van der Waals surface area contributed by atoms with Crippen molar-refractivity contribution in [2.45, 2.75) is 6.92 Å². The third kappa shape index (κ3) is 2.15. The van der Waals surface area contributed by atoms with Gasteiger partial charge in [0.05, 0.1) is 6.61 Å². The molecule has 0 spiro atoms. The normalized spacial score (nSPS) is 10.2. The SMILES string of the molecule is CCOC(=O)c1c(O)ccn1-c1ccccc1. The Hall–Kier alpha value is -2.23. The average molecular weight is 231 g/mol. The third-order valence-corrected chi connectivity index (χ3v) is 2.37. The summed E-state index contributed by atoms with van der Waals surface area (Å²) in [6, 6.07) is 10.8. The lowest BCUT2D eigenvalue weighted by Gasteiger charge is -2.08. The zero-order valence-electron chi connectivity index (χ0n) is 9.46. The minimum Gasteiger partial charge on any atom is -0.505 e. The van der Waals surface area contributed by atoms with E-state index in [0.29, 0.717) is 0 Å². The van der Waals surface area contributed by atoms with Gasteiger partial charge in [0.25, 0.3) is 0 Å². The molecule has 0 saturated heterocycles. The zero-order valence-corrected chi connectivity index (χ0v) is 9.46. The minimum absolute atomic E-state index is 0.0766. The first-order valence-electron chi connectivity index (χ1n) is 5.37. The van der Waals surface area contributed by atoms with Gasteiger partial charge >= 0.3 is 5.97 Å². The molecule has 1 aromatic heterocycles. The molecule has 88 valence electrons. The second-order valence-electron chi connectivity index (χ2n) is 3.48. The van der Waals surface area contributed by atoms with Crippen molar-refractivity contribution in [3.63, 3.8) is 0 Å². The molecule has 0 saturated carbocycles. The molecule has 0 aliphatic heterocycles. The number of para-hydroxylation sites is 1. The van der Waals surface area contributed by atoms with E-state index in [1.165, 1.54) is 6.07 Å². The maximum absolute atomic E-state index is 11.7. The third-order valence-electron chi connectivity index (χ3n) is 2.37. The maximum Gasteiger partial charge on any atom is 0.359 e. The first-order valence-corrected chi connectivity index (χ1v) is 5.37. The van der Waals surface area contributed by atoms with Crippen LogP contribution in [0.1, 0.15) is 17.4 Å². The van der Waals surface area contributed by atoms with E-state index in [1.54, 1.807) is 17.7 Å². The van der Waals surface area contributed by atoms with Crippen molar-refractivity contribution in [1.82, 2.24) is 4.57 Å². The molecular weight excluding hydrogens is 218 g/mol. The van der Waals surface area contributed by atoms with Crippen LogP contribution >= 0.6 is 0 Å². The number of rotatable bonds is 3. The summed E-state index contributed by atoms with van der Waals surface area (Å²) in [7, 11) is 0. The fraction of sp³-hybridized carbons (Fsp3) is 0.154. The Kier molecular flexibility index (Phi) is 3.14. The number of aromatic nitrogens is 1. The van der Waals surface area contributed by atoms with Gasteiger partial charge in [-0.3, -0.25) is 0 Å². The second kappa shape index (κ2) is 4.74. The monoisotopic (exact) mass is 231 g/mol. The van der Waals surface area contributed by atoms with Crippen molar-refractivity contribution in [1.29, 1.82) is 0 Å². The first kappa shape index (κ1) is 11.3. The van der Waals surface area contributed by atoms with Gasteiger partial charge in [-0.15, -0.1) is 0 Å². The van der Waals surface area contributed by atoms with Gasteiger partial charge in [0.1, 0.15) is 5.75 Å². The van der Waals surface area contributed by atoms with Gasteiger partial charge in [0.2, 0.25) is 0 Å². The zero-order chi connectivity index (χ0) is 12.3. The number of carbonyl (C=O) groups excluding carboxylic acids is 1. The molecule has 0 fully saturated rings. The summed E-state index contributed by atoms with van der Waals surface area (Å²) < 4.78 is 6.51. The van der Waals surface area contributed by atoms with Gasteiger partial charge in [-0.1, -0.05) is 18.2 Å². The predicted octanol–water partition coefficient (Wildman–Crippen LogP) is 2.36. The van der Waals surface area contributed by atoms with Crippen LogP contribution in [0, 0.1) is 0 Å². The molecule has 17 heavy (non-hydrogen) atoms. The summed E-state index contributed by atoms with van der Waals surface area (Å²) in [4.78, 5) is 11.7. The number of esters is 1. The molecule has 0 aliphatic rings. The quantitative estimate of drug-likeness (QED) is 0.825. The van der Waals surface area contributed by atoms with Gasteiger partial charge in [-0.05, 0) is 25.1 Å². The Labute approximate surface area is 99.1 Å². The molecule has 1 heterocycles. The number of benzene rings is 1. The van der Waals surface area contributed by atoms with E-state index < -0.39 is 5.97 Å². The average Bonchev–Trinajstić information content (AvgIpc) is 2.73. The van der Waals surface area contributed by atoms with Crippen LogP contribution in [0.5, 0.6) is 5.75 Å². The van der Waals surface area contributed by atoms with Crippen LogP contribution in [-0.2, 0) is 4.74 Å². The first-order chi connectivity index (χ1) is 8.24. The number of nitrogens with zero attached hydrogens (tertiary/aromatic N) is 1. The van der Waals surface area contributed by atoms with E-state index in [-0.39, 0.29) is 18.1 Å². The van der Waals surface area contributed by atoms with Crippen LogP contribution in [-0.4, -0.2) is 22.2 Å². The van der Waals surface area contributed by atoms with E-state index in [4.69, 9.17) is 4.74 Å². The standard InChI is InChI=1S/C13H13NO3/c1-2-17-13(16)12-11(15)8-9-14(12)10-6-4-3-5-7-10/h3-9,15H,2H2,1H3. The van der Waals surface area contributed by atoms with Crippen LogP contribution in [0.4, 0.5) is 0 Å². The molecule has 0 amide bonds. The lowest BCUT2D eigenvalue weighted by Crippen LogP contribution is -2.10. The number of hydrogen-bond donors (Lipinski definition) is 1. The Morgan fingerprint density at radius 2 is 2.00 bits per heavy atom. The Morgan fingerprint density at radius 1 is 1.29 bits per heavy atom. The summed E-state index contributed by atoms with van der Waals surface area (Å²) >= 11 is 0. The molecule has 0 aliphatic carbocycles. The molecule has 0 radical (unpaired) electrons. The summed E-state index contributed by atoms with van der Waals surface area (Å²) in [5, 5.41) is 9.67. The fourth-order valence-corrected chi connectivity index (χ4v) is 1.63. The van der Waals surface area contributed by atoms with E-state index in [0.717, 1.165) is 5.69 Å². The topological polar surface area (TPSA) is 51.5 Å². The van der Waals surface area contributed by atoms with E-state index in [2.05, 4.69) is 0 Å². The van der Waals surface area contributed by atoms with Crippen molar-refractivity contribution in [3.05, 3.63) is 48.3 Å². The molecule has 1 N–H and O–H groups in total. The molecule has 4 heteroatoms. The fourth-order valence-electron chi connectivity index (χ4n) is 1.63. The lowest BCUT2D eigenvalue weighted by atomic mass is 10.3. The van der Waals surface area contributed by atoms with Crippen molar-refractivity contribution in [3.8, 4) is 11.4 Å². The summed E-state index contributed by atoms with van der Waals surface area (Å²) in [5.41, 5.74) is 0.953. The van der Waals surface area contributed by atoms with Gasteiger partial charge in [0, 0.05) is 11.9 Å². The van der Waals surface area contributed by atoms with E-state index in [1.807, 2.05) is 30.3 Å². The molecule has 2 aromatic rings. The summed E-state index contributed by atoms with van der Waals surface area (Å²) in [6.07, 6.45) is 1.64. The number of ether oxygens (including phenoxy) is 1. The van der Waals surface area contributed by atoms with Gasteiger partial charge < -0.3 is 14.4 Å². The highest BCUT2D eigenvalue weighted by atomic mass is 16.5. The maximum atomic E-state index is 11.7. The number of aromatic hydroxyl groups is 1. The molecular formula is C13H13NO3. The Balaban J connectivity index is 2.46. The van der Waals surface area contributed by atoms with Gasteiger partial charge in [0.15, 0.2) is 5.69 Å². The van der Waals surface area contributed by atoms with Crippen LogP contribution in [0.25, 0.3) is 5.69 Å². The van der Waals surface area contributed by atoms with Crippen molar-refractivity contribution < 1.29 is 14.6 Å². The summed E-state index contributed by atoms with van der Waals surface area (Å²) in [5.74, 6) is -0.605. The van der Waals surface area contributed by atoms with Gasteiger partial charge in [-0.25, -0.2) is 4.79 Å². The van der Waals surface area contributed by atoms with Crippen LogP contribution in [0.3, 0.4) is 0 Å². The highest BCUT2D eigenvalue weighted by Crippen LogP contribution is 2.23. The summed E-state index contributed by atoms with van der Waals surface area (Å²) in [6.45, 7) is 2.00. The van der Waals surface area contributed by atoms with Crippen molar-refractivity contribution in [2.75, 3.05) is 6.61 Å². The largest absolute Gasteiger partial charge is 0.505 e. The van der Waals surface area contributed by atoms with E-state index >= 15 is 0 Å². The predicted molar refractivity (Wildman–Crippen MR) is 63.4 cm³/mol. The van der Waals surface area contributed by atoms with E-state index in [9.17, 15) is 9.90 Å². The smallest absolute Gasteiger partial charge is 0.359 e.